The summed E-state index contributed by atoms with van der Waals surface area (Å²) < 4.78 is 49.8. The van der Waals surface area contributed by atoms with Crippen LogP contribution in [-0.2, 0) is 19.2 Å². The highest BCUT2D eigenvalue weighted by atomic mass is 19.4. The fourth-order valence-corrected chi connectivity index (χ4v) is 3.16. The standard InChI is InChI=1S/C25H23F3N4O4/c1-3-5-19-12-18(14-30-31-23-11-8-20(15-29-23)25(26,27)28)13-22(35-4-2)24(19)36-16-17-6-9-21(10-7-17)32(33)34/h3,6-15H,1,4-5,16H2,2H3,(H,29,31)/b30-14-. The van der Waals surface area contributed by atoms with Gasteiger partial charge in [0.15, 0.2) is 11.5 Å². The first-order valence-corrected chi connectivity index (χ1v) is 10.8. The molecule has 0 unspecified atom stereocenters. The molecular weight excluding hydrogens is 477 g/mol. The molecule has 3 rings (SSSR count). The second-order valence-corrected chi connectivity index (χ2v) is 7.45. The van der Waals surface area contributed by atoms with Gasteiger partial charge in [0.1, 0.15) is 12.4 Å². The zero-order valence-electron chi connectivity index (χ0n) is 19.3. The third-order valence-corrected chi connectivity index (χ3v) is 4.83. The van der Waals surface area contributed by atoms with Crippen LogP contribution in [0.2, 0.25) is 0 Å². The van der Waals surface area contributed by atoms with Crippen LogP contribution < -0.4 is 14.9 Å². The van der Waals surface area contributed by atoms with Crippen LogP contribution in [-0.4, -0.2) is 22.7 Å². The van der Waals surface area contributed by atoms with Crippen molar-refractivity contribution in [3.8, 4) is 11.5 Å². The number of aromatic nitrogens is 1. The third-order valence-electron chi connectivity index (χ3n) is 4.83. The zero-order valence-corrected chi connectivity index (χ0v) is 19.3. The molecule has 188 valence electrons. The molecule has 0 saturated heterocycles. The summed E-state index contributed by atoms with van der Waals surface area (Å²) in [5, 5.41) is 14.9. The minimum atomic E-state index is -4.46. The van der Waals surface area contributed by atoms with Crippen LogP contribution in [0.1, 0.15) is 29.2 Å². The topological polar surface area (TPSA) is 98.9 Å². The van der Waals surface area contributed by atoms with Crippen molar-refractivity contribution in [3.05, 3.63) is 99.8 Å². The van der Waals surface area contributed by atoms with Crippen LogP contribution >= 0.6 is 0 Å². The molecular formula is C25H23F3N4O4. The van der Waals surface area contributed by atoms with Crippen molar-refractivity contribution in [3.63, 3.8) is 0 Å². The lowest BCUT2D eigenvalue weighted by atomic mass is 10.1. The summed E-state index contributed by atoms with van der Waals surface area (Å²) in [5.74, 6) is 1.12. The van der Waals surface area contributed by atoms with Crippen molar-refractivity contribution in [1.29, 1.82) is 0 Å². The number of benzene rings is 2. The number of rotatable bonds is 11. The van der Waals surface area contributed by atoms with Crippen LogP contribution in [0.4, 0.5) is 24.7 Å². The average molecular weight is 500 g/mol. The Hall–Kier alpha value is -4.41. The smallest absolute Gasteiger partial charge is 0.417 e. The second kappa shape index (κ2) is 11.8. The number of hydrogen-bond acceptors (Lipinski definition) is 7. The van der Waals surface area contributed by atoms with E-state index in [4.69, 9.17) is 9.47 Å². The quantitative estimate of drug-likeness (QED) is 0.147. The number of nitro groups is 1. The maximum atomic E-state index is 12.7. The Morgan fingerprint density at radius 1 is 1.17 bits per heavy atom. The molecule has 0 aliphatic heterocycles. The van der Waals surface area contributed by atoms with Gasteiger partial charge in [0, 0.05) is 23.9 Å². The summed E-state index contributed by atoms with van der Waals surface area (Å²) in [7, 11) is 0. The molecule has 1 aromatic heterocycles. The largest absolute Gasteiger partial charge is 0.490 e. The Kier molecular flexibility index (Phi) is 8.61. The van der Waals surface area contributed by atoms with Gasteiger partial charge >= 0.3 is 6.18 Å². The first-order chi connectivity index (χ1) is 17.2. The predicted octanol–water partition coefficient (Wildman–Crippen LogP) is 6.16. The average Bonchev–Trinajstić information content (AvgIpc) is 2.84. The van der Waals surface area contributed by atoms with Crippen LogP contribution in [0, 0.1) is 10.1 Å². The third kappa shape index (κ3) is 7.05. The highest BCUT2D eigenvalue weighted by molar-refractivity contribution is 5.82. The molecule has 11 heteroatoms. The van der Waals surface area contributed by atoms with Crippen LogP contribution in [0.25, 0.3) is 0 Å². The Bertz CT molecular complexity index is 1230. The molecule has 0 fully saturated rings. The zero-order chi connectivity index (χ0) is 26.1. The number of non-ortho nitro benzene ring substituents is 1. The molecule has 0 saturated carbocycles. The fourth-order valence-electron chi connectivity index (χ4n) is 3.16. The van der Waals surface area contributed by atoms with Gasteiger partial charge in [0.05, 0.1) is 23.3 Å². The van der Waals surface area contributed by atoms with Crippen molar-refractivity contribution in [1.82, 2.24) is 4.98 Å². The number of hydrazone groups is 1. The first-order valence-electron chi connectivity index (χ1n) is 10.8. The molecule has 0 atom stereocenters. The molecule has 0 bridgehead atoms. The summed E-state index contributed by atoms with van der Waals surface area (Å²) in [6.45, 7) is 6.14. The van der Waals surface area contributed by atoms with E-state index in [1.165, 1.54) is 24.4 Å². The van der Waals surface area contributed by atoms with E-state index in [1.54, 1.807) is 24.3 Å². The monoisotopic (exact) mass is 500 g/mol. The summed E-state index contributed by atoms with van der Waals surface area (Å²) in [5.41, 5.74) is 3.90. The molecule has 0 aliphatic rings. The van der Waals surface area contributed by atoms with E-state index in [2.05, 4.69) is 22.1 Å². The first kappa shape index (κ1) is 26.2. The maximum absolute atomic E-state index is 12.7. The molecule has 1 N–H and O–H groups in total. The highest BCUT2D eigenvalue weighted by Gasteiger charge is 2.30. The molecule has 0 aliphatic carbocycles. The van der Waals surface area contributed by atoms with E-state index in [1.807, 2.05) is 13.0 Å². The summed E-state index contributed by atoms with van der Waals surface area (Å²) in [6, 6.07) is 11.7. The van der Waals surface area contributed by atoms with Crippen molar-refractivity contribution in [2.45, 2.75) is 26.1 Å². The number of alkyl halides is 3. The van der Waals surface area contributed by atoms with Gasteiger partial charge in [-0.2, -0.15) is 18.3 Å². The predicted molar refractivity (Wildman–Crippen MR) is 129 cm³/mol. The number of ether oxygens (including phenoxy) is 2. The van der Waals surface area contributed by atoms with E-state index in [0.29, 0.717) is 30.1 Å². The summed E-state index contributed by atoms with van der Waals surface area (Å²) in [4.78, 5) is 14.1. The number of anilines is 1. The summed E-state index contributed by atoms with van der Waals surface area (Å²) >= 11 is 0. The van der Waals surface area contributed by atoms with E-state index >= 15 is 0 Å². The number of hydrogen-bond donors (Lipinski definition) is 1. The Balaban J connectivity index is 1.78. The maximum Gasteiger partial charge on any atom is 0.417 e. The number of allylic oxidation sites excluding steroid dienone is 1. The van der Waals surface area contributed by atoms with Crippen molar-refractivity contribution in [2.75, 3.05) is 12.0 Å². The Labute approximate surface area is 205 Å². The second-order valence-electron chi connectivity index (χ2n) is 7.45. The Morgan fingerprint density at radius 2 is 1.92 bits per heavy atom. The van der Waals surface area contributed by atoms with Gasteiger partial charge in [-0.15, -0.1) is 6.58 Å². The van der Waals surface area contributed by atoms with Gasteiger partial charge < -0.3 is 9.47 Å². The molecule has 1 heterocycles. The lowest BCUT2D eigenvalue weighted by Gasteiger charge is -2.17. The normalized spacial score (nSPS) is 11.3. The van der Waals surface area contributed by atoms with Crippen LogP contribution in [0.5, 0.6) is 11.5 Å². The lowest BCUT2D eigenvalue weighted by molar-refractivity contribution is -0.384. The van der Waals surface area contributed by atoms with E-state index in [-0.39, 0.29) is 18.1 Å². The van der Waals surface area contributed by atoms with Crippen LogP contribution in [0.15, 0.2) is 72.5 Å². The minimum absolute atomic E-state index is 0.00940. The fraction of sp³-hybridized carbons (Fsp3) is 0.200. The number of nitrogens with one attached hydrogen (secondary N) is 1. The van der Waals surface area contributed by atoms with Crippen LogP contribution in [0.3, 0.4) is 0 Å². The van der Waals surface area contributed by atoms with Gasteiger partial charge in [0.25, 0.3) is 5.69 Å². The molecule has 2 aromatic carbocycles. The van der Waals surface area contributed by atoms with Crippen molar-refractivity contribution >= 4 is 17.7 Å². The molecule has 0 amide bonds. The number of pyridine rings is 1. The molecule has 36 heavy (non-hydrogen) atoms. The number of nitro benzene ring substituents is 1. The SMILES string of the molecule is C=CCc1cc(/C=N\Nc2ccc(C(F)(F)F)cn2)cc(OCC)c1OCc1ccc([N+](=O)[O-])cc1. The summed E-state index contributed by atoms with van der Waals surface area (Å²) in [6.07, 6.45) is -0.0898. The molecule has 3 aromatic rings. The minimum Gasteiger partial charge on any atom is -0.490 e. The van der Waals surface area contributed by atoms with Gasteiger partial charge in [-0.05, 0) is 60.9 Å². The van der Waals surface area contributed by atoms with Crippen molar-refractivity contribution < 1.29 is 27.6 Å². The van der Waals surface area contributed by atoms with Gasteiger partial charge in [-0.3, -0.25) is 15.5 Å². The van der Waals surface area contributed by atoms with Gasteiger partial charge in [-0.25, -0.2) is 4.98 Å². The molecule has 8 nitrogen and oxygen atoms in total. The number of nitrogens with zero attached hydrogens (tertiary/aromatic N) is 3. The van der Waals surface area contributed by atoms with E-state index in [9.17, 15) is 23.3 Å². The van der Waals surface area contributed by atoms with E-state index < -0.39 is 16.7 Å². The van der Waals surface area contributed by atoms with Gasteiger partial charge in [-0.1, -0.05) is 6.08 Å². The molecule has 0 spiro atoms. The number of halogens is 3. The van der Waals surface area contributed by atoms with E-state index in [0.717, 1.165) is 23.4 Å². The van der Waals surface area contributed by atoms with Gasteiger partial charge in [0.2, 0.25) is 0 Å². The highest BCUT2D eigenvalue weighted by Crippen LogP contribution is 2.34. The molecule has 0 radical (unpaired) electrons. The Morgan fingerprint density at radius 3 is 2.50 bits per heavy atom. The lowest BCUT2D eigenvalue weighted by Crippen LogP contribution is -2.06. The van der Waals surface area contributed by atoms with Crippen molar-refractivity contribution in [2.24, 2.45) is 5.10 Å².